The van der Waals surface area contributed by atoms with E-state index in [1.54, 1.807) is 0 Å². The van der Waals surface area contributed by atoms with E-state index in [2.05, 4.69) is 19.1 Å². The lowest BCUT2D eigenvalue weighted by atomic mass is 10.0. The van der Waals surface area contributed by atoms with Gasteiger partial charge in [-0.25, -0.2) is 0 Å². The number of rotatable bonds is 5. The third-order valence-electron chi connectivity index (χ3n) is 3.35. The van der Waals surface area contributed by atoms with E-state index in [9.17, 15) is 4.79 Å². The van der Waals surface area contributed by atoms with Crippen LogP contribution in [-0.2, 0) is 17.8 Å². The fourth-order valence-electron chi connectivity index (χ4n) is 2.67. The van der Waals surface area contributed by atoms with Gasteiger partial charge in [-0.1, -0.05) is 11.6 Å². The minimum absolute atomic E-state index is 0.00300. The molecule has 0 unspecified atom stereocenters. The minimum Gasteiger partial charge on any atom is -0.480 e. The lowest BCUT2D eigenvalue weighted by Crippen LogP contribution is -2.08. The Morgan fingerprint density at radius 1 is 1.37 bits per heavy atom. The van der Waals surface area contributed by atoms with E-state index in [0.29, 0.717) is 6.54 Å². The maximum atomic E-state index is 11.0. The molecule has 102 valence electrons. The van der Waals surface area contributed by atoms with Gasteiger partial charge in [-0.15, -0.1) is 0 Å². The highest BCUT2D eigenvalue weighted by Crippen LogP contribution is 2.27. The predicted molar refractivity (Wildman–Crippen MR) is 76.4 cm³/mol. The molecule has 19 heavy (non-hydrogen) atoms. The summed E-state index contributed by atoms with van der Waals surface area (Å²) >= 11 is 0. The molecule has 2 aromatic rings. The molecule has 0 saturated heterocycles. The average molecular weight is 260 g/mol. The number of benzene rings is 1. The highest BCUT2D eigenvalue weighted by molar-refractivity contribution is 5.88. The van der Waals surface area contributed by atoms with Crippen LogP contribution in [0.3, 0.4) is 0 Å². The third kappa shape index (κ3) is 2.79. The summed E-state index contributed by atoms with van der Waals surface area (Å²) in [5.74, 6) is -0.817. The maximum Gasteiger partial charge on any atom is 0.323 e. The first kappa shape index (κ1) is 13.6. The fourth-order valence-corrected chi connectivity index (χ4v) is 2.67. The van der Waals surface area contributed by atoms with E-state index in [4.69, 9.17) is 10.8 Å². The number of carboxylic acids is 1. The van der Waals surface area contributed by atoms with Gasteiger partial charge in [0.05, 0.1) is 5.52 Å². The second-order valence-corrected chi connectivity index (χ2v) is 5.05. The third-order valence-corrected chi connectivity index (χ3v) is 3.35. The standard InChI is InChI=1S/C15H20N2O2/c1-10-6-11(2)15-13(7-10)12(4-3-5-16)8-17(15)9-14(18)19/h6-8H,3-5,9,16H2,1-2H3,(H,18,19). The normalized spacial score (nSPS) is 11.1. The Balaban J connectivity index is 2.59. The molecule has 0 amide bonds. The quantitative estimate of drug-likeness (QED) is 0.866. The molecular formula is C15H20N2O2. The SMILES string of the molecule is Cc1cc(C)c2c(c1)c(CCCN)cn2CC(=O)O. The second kappa shape index (κ2) is 5.45. The molecule has 1 aromatic carbocycles. The van der Waals surface area contributed by atoms with Crippen LogP contribution in [0, 0.1) is 13.8 Å². The van der Waals surface area contributed by atoms with Crippen LogP contribution >= 0.6 is 0 Å². The Kier molecular flexibility index (Phi) is 3.90. The van der Waals surface area contributed by atoms with Crippen molar-refractivity contribution in [3.8, 4) is 0 Å². The summed E-state index contributed by atoms with van der Waals surface area (Å²) in [5.41, 5.74) is 10.1. The highest BCUT2D eigenvalue weighted by Gasteiger charge is 2.12. The molecule has 3 N–H and O–H groups in total. The van der Waals surface area contributed by atoms with Gasteiger partial charge in [-0.05, 0) is 50.4 Å². The van der Waals surface area contributed by atoms with Crippen LogP contribution in [0.5, 0.6) is 0 Å². The summed E-state index contributed by atoms with van der Waals surface area (Å²) in [6.45, 7) is 4.74. The van der Waals surface area contributed by atoms with Crippen LogP contribution in [0.25, 0.3) is 10.9 Å². The summed E-state index contributed by atoms with van der Waals surface area (Å²) in [4.78, 5) is 11.0. The van der Waals surface area contributed by atoms with E-state index in [0.717, 1.165) is 29.3 Å². The lowest BCUT2D eigenvalue weighted by molar-refractivity contribution is -0.137. The molecule has 0 saturated carbocycles. The zero-order chi connectivity index (χ0) is 14.0. The number of aliphatic carboxylic acids is 1. The Hall–Kier alpha value is -1.81. The molecule has 1 heterocycles. The van der Waals surface area contributed by atoms with E-state index >= 15 is 0 Å². The molecule has 4 nitrogen and oxygen atoms in total. The number of fused-ring (bicyclic) bond motifs is 1. The number of aromatic nitrogens is 1. The van der Waals surface area contributed by atoms with Crippen molar-refractivity contribution in [3.63, 3.8) is 0 Å². The van der Waals surface area contributed by atoms with Crippen LogP contribution < -0.4 is 5.73 Å². The monoisotopic (exact) mass is 260 g/mol. The number of nitrogens with two attached hydrogens (primary N) is 1. The molecule has 0 fully saturated rings. The number of nitrogens with zero attached hydrogens (tertiary/aromatic N) is 1. The number of carbonyl (C=O) groups is 1. The van der Waals surface area contributed by atoms with E-state index in [1.807, 2.05) is 17.7 Å². The number of aryl methyl sites for hydroxylation is 3. The number of hydrogen-bond acceptors (Lipinski definition) is 2. The van der Waals surface area contributed by atoms with Crippen LogP contribution in [0.1, 0.15) is 23.1 Å². The average Bonchev–Trinajstić information content (AvgIpc) is 2.63. The molecule has 2 rings (SSSR count). The molecule has 0 aliphatic rings. The first-order chi connectivity index (χ1) is 9.02. The van der Waals surface area contributed by atoms with Gasteiger partial charge in [-0.2, -0.15) is 0 Å². The van der Waals surface area contributed by atoms with Gasteiger partial charge in [-0.3, -0.25) is 4.79 Å². The Morgan fingerprint density at radius 2 is 2.11 bits per heavy atom. The molecule has 0 bridgehead atoms. The first-order valence-corrected chi connectivity index (χ1v) is 6.53. The Morgan fingerprint density at radius 3 is 2.74 bits per heavy atom. The highest BCUT2D eigenvalue weighted by atomic mass is 16.4. The van der Waals surface area contributed by atoms with Gasteiger partial charge in [0.25, 0.3) is 0 Å². The molecule has 4 heteroatoms. The molecule has 1 aromatic heterocycles. The van der Waals surface area contributed by atoms with Gasteiger partial charge < -0.3 is 15.4 Å². The van der Waals surface area contributed by atoms with Crippen molar-refractivity contribution in [2.24, 2.45) is 5.73 Å². The molecule has 0 radical (unpaired) electrons. The molecule has 0 aliphatic heterocycles. The van der Waals surface area contributed by atoms with Crippen molar-refractivity contribution in [3.05, 3.63) is 35.0 Å². The van der Waals surface area contributed by atoms with Crippen LogP contribution in [0.4, 0.5) is 0 Å². The fraction of sp³-hybridized carbons (Fsp3) is 0.400. The second-order valence-electron chi connectivity index (χ2n) is 5.05. The summed E-state index contributed by atoms with van der Waals surface area (Å²) in [6.07, 6.45) is 3.77. The summed E-state index contributed by atoms with van der Waals surface area (Å²) in [6, 6.07) is 4.22. The number of carboxylic acid groups (broad SMARTS) is 1. The largest absolute Gasteiger partial charge is 0.480 e. The zero-order valence-corrected chi connectivity index (χ0v) is 11.4. The van der Waals surface area contributed by atoms with Crippen molar-refractivity contribution in [1.29, 1.82) is 0 Å². The van der Waals surface area contributed by atoms with Crippen molar-refractivity contribution >= 4 is 16.9 Å². The molecule has 0 spiro atoms. The van der Waals surface area contributed by atoms with Gasteiger partial charge in [0.2, 0.25) is 0 Å². The van der Waals surface area contributed by atoms with Crippen molar-refractivity contribution < 1.29 is 9.90 Å². The Labute approximate surface area is 112 Å². The maximum absolute atomic E-state index is 11.0. The summed E-state index contributed by atoms with van der Waals surface area (Å²) in [5, 5.41) is 10.2. The van der Waals surface area contributed by atoms with Crippen LogP contribution in [0.15, 0.2) is 18.3 Å². The lowest BCUT2D eigenvalue weighted by Gasteiger charge is -2.05. The molecular weight excluding hydrogens is 240 g/mol. The molecule has 0 aliphatic carbocycles. The minimum atomic E-state index is -0.817. The number of hydrogen-bond donors (Lipinski definition) is 2. The van der Waals surface area contributed by atoms with E-state index in [1.165, 1.54) is 11.1 Å². The smallest absolute Gasteiger partial charge is 0.323 e. The summed E-state index contributed by atoms with van der Waals surface area (Å²) in [7, 11) is 0. The van der Waals surface area contributed by atoms with Crippen LogP contribution in [-0.4, -0.2) is 22.2 Å². The van der Waals surface area contributed by atoms with Crippen molar-refractivity contribution in [1.82, 2.24) is 4.57 Å². The van der Waals surface area contributed by atoms with Crippen LogP contribution in [0.2, 0.25) is 0 Å². The molecule has 0 atom stereocenters. The van der Waals surface area contributed by atoms with Gasteiger partial charge in [0, 0.05) is 11.6 Å². The van der Waals surface area contributed by atoms with Crippen molar-refractivity contribution in [2.45, 2.75) is 33.2 Å². The van der Waals surface area contributed by atoms with Gasteiger partial charge >= 0.3 is 5.97 Å². The zero-order valence-electron chi connectivity index (χ0n) is 11.4. The predicted octanol–water partition coefficient (Wildman–Crippen LogP) is 2.23. The van der Waals surface area contributed by atoms with Crippen molar-refractivity contribution in [2.75, 3.05) is 6.54 Å². The van der Waals surface area contributed by atoms with Gasteiger partial charge in [0.1, 0.15) is 6.54 Å². The first-order valence-electron chi connectivity index (χ1n) is 6.53. The topological polar surface area (TPSA) is 68.2 Å². The summed E-state index contributed by atoms with van der Waals surface area (Å²) < 4.78 is 1.83. The van der Waals surface area contributed by atoms with Gasteiger partial charge in [0.15, 0.2) is 0 Å². The van der Waals surface area contributed by atoms with E-state index in [-0.39, 0.29) is 6.54 Å². The van der Waals surface area contributed by atoms with E-state index < -0.39 is 5.97 Å². The Bertz CT molecular complexity index is 614.